The average Bonchev–Trinajstić information content (AvgIpc) is 3.57. The minimum absolute atomic E-state index is 0.0528. The summed E-state index contributed by atoms with van der Waals surface area (Å²) in [5.41, 5.74) is 4.55. The van der Waals surface area contributed by atoms with Gasteiger partial charge in [0.25, 0.3) is 0 Å². The third-order valence-electron chi connectivity index (χ3n) is 5.38. The first kappa shape index (κ1) is 22.5. The topological polar surface area (TPSA) is 42.5 Å². The molecule has 3 heterocycles. The predicted octanol–water partition coefficient (Wildman–Crippen LogP) is 5.08. The number of thiophene rings is 3. The third kappa shape index (κ3) is 5.62. The summed E-state index contributed by atoms with van der Waals surface area (Å²) < 4.78 is 14.7. The van der Waals surface area contributed by atoms with Gasteiger partial charge in [0.2, 0.25) is 0 Å². The molecule has 0 fully saturated rings. The number of rotatable bonds is 10. The van der Waals surface area contributed by atoms with Gasteiger partial charge >= 0.3 is 15.0 Å². The molecule has 2 atom stereocenters. The van der Waals surface area contributed by atoms with Crippen LogP contribution in [0.25, 0.3) is 20.2 Å². The maximum Gasteiger partial charge on any atom is 0.311 e. The molecule has 5 rings (SSSR count). The van der Waals surface area contributed by atoms with Crippen LogP contribution in [0.1, 0.15) is 13.8 Å². The first-order chi connectivity index (χ1) is 16.1. The molecule has 9 heteroatoms. The van der Waals surface area contributed by atoms with Gasteiger partial charge in [0.05, 0.1) is 0 Å². The van der Waals surface area contributed by atoms with Gasteiger partial charge < -0.3 is 19.9 Å². The van der Waals surface area contributed by atoms with Crippen molar-refractivity contribution < 1.29 is 9.31 Å². The van der Waals surface area contributed by atoms with Gasteiger partial charge in [0.15, 0.2) is 0 Å². The van der Waals surface area contributed by atoms with E-state index in [1.165, 1.54) is 31.1 Å². The molecule has 0 amide bonds. The van der Waals surface area contributed by atoms with Crippen LogP contribution in [0.4, 0.5) is 11.4 Å². The molecule has 0 saturated heterocycles. The molecule has 4 nitrogen and oxygen atoms in total. The van der Waals surface area contributed by atoms with Crippen molar-refractivity contribution >= 4 is 91.4 Å². The Morgan fingerprint density at radius 3 is 1.61 bits per heavy atom. The van der Waals surface area contributed by atoms with Gasteiger partial charge in [0, 0.05) is 31.5 Å². The maximum atomic E-state index is 6.04. The van der Waals surface area contributed by atoms with Crippen molar-refractivity contribution in [3.8, 4) is 0 Å². The fourth-order valence-corrected chi connectivity index (χ4v) is 6.00. The van der Waals surface area contributed by atoms with Crippen LogP contribution in [-0.4, -0.2) is 27.4 Å². The molecule has 33 heavy (non-hydrogen) atoms. The molecule has 0 aliphatic heterocycles. The smallest absolute Gasteiger partial charge is 0.311 e. The van der Waals surface area contributed by atoms with Crippen molar-refractivity contribution in [1.82, 2.24) is 0 Å². The zero-order valence-electron chi connectivity index (χ0n) is 18.5. The largest absolute Gasteiger partial charge is 0.416 e. The van der Waals surface area contributed by atoms with Gasteiger partial charge in [0.1, 0.15) is 12.5 Å². The van der Waals surface area contributed by atoms with Crippen LogP contribution >= 0.6 is 34.0 Å². The van der Waals surface area contributed by atoms with Gasteiger partial charge in [-0.05, 0) is 59.6 Å². The van der Waals surface area contributed by atoms with E-state index in [1.54, 1.807) is 22.7 Å². The minimum atomic E-state index is -0.0528. The fraction of sp³-hybridized carbons (Fsp3) is 0.167. The molecule has 166 valence electrons. The molecule has 0 saturated carbocycles. The Hall–Kier alpha value is -2.29. The lowest BCUT2D eigenvalue weighted by Gasteiger charge is -2.15. The third-order valence-corrected chi connectivity index (χ3v) is 7.90. The summed E-state index contributed by atoms with van der Waals surface area (Å²) >= 11 is 5.18. The Bertz CT molecular complexity index is 1220. The molecule has 0 spiro atoms. The van der Waals surface area contributed by atoms with Crippen molar-refractivity contribution in [3.63, 3.8) is 0 Å². The fourth-order valence-electron chi connectivity index (χ4n) is 3.74. The number of nitrogens with one attached hydrogen (secondary N) is 2. The van der Waals surface area contributed by atoms with E-state index < -0.39 is 0 Å². The predicted molar refractivity (Wildman–Crippen MR) is 150 cm³/mol. The monoisotopic (exact) mass is 490 g/mol. The van der Waals surface area contributed by atoms with E-state index in [4.69, 9.17) is 9.31 Å². The molecule has 0 aliphatic rings. The molecular formula is C24H24B2N2O2S3. The molecule has 0 aliphatic carbocycles. The number of hydrogen-bond donors (Lipinski definition) is 2. The van der Waals surface area contributed by atoms with E-state index >= 15 is 0 Å². The lowest BCUT2D eigenvalue weighted by Crippen LogP contribution is -2.27. The van der Waals surface area contributed by atoms with E-state index in [1.807, 2.05) is 25.2 Å². The number of anilines is 2. The first-order valence-corrected chi connectivity index (χ1v) is 13.6. The van der Waals surface area contributed by atoms with Gasteiger partial charge in [-0.25, -0.2) is 0 Å². The van der Waals surface area contributed by atoms with E-state index in [0.717, 1.165) is 11.4 Å². The van der Waals surface area contributed by atoms with Crippen LogP contribution in [0, 0.1) is 0 Å². The van der Waals surface area contributed by atoms with Gasteiger partial charge in [-0.3, -0.25) is 0 Å². The molecule has 2 N–H and O–H groups in total. The second kappa shape index (κ2) is 10.3. The Balaban J connectivity index is 1.26. The average molecular weight is 490 g/mol. The quantitative estimate of drug-likeness (QED) is 0.212. The summed E-state index contributed by atoms with van der Waals surface area (Å²) in [5, 5.41) is 17.6. The second-order valence-electron chi connectivity index (χ2n) is 7.98. The van der Waals surface area contributed by atoms with Crippen LogP contribution in [0.3, 0.4) is 0 Å². The van der Waals surface area contributed by atoms with Crippen molar-refractivity contribution in [3.05, 3.63) is 70.1 Å². The lowest BCUT2D eigenvalue weighted by molar-refractivity contribution is 0.269. The molecule has 5 aromatic rings. The lowest BCUT2D eigenvalue weighted by atomic mass is 9.85. The van der Waals surface area contributed by atoms with Gasteiger partial charge in [-0.1, -0.05) is 35.2 Å². The van der Waals surface area contributed by atoms with E-state index in [9.17, 15) is 0 Å². The van der Waals surface area contributed by atoms with Crippen molar-refractivity contribution in [2.24, 2.45) is 0 Å². The van der Waals surface area contributed by atoms with E-state index in [0.29, 0.717) is 15.0 Å². The van der Waals surface area contributed by atoms with Crippen molar-refractivity contribution in [1.29, 1.82) is 0 Å². The van der Waals surface area contributed by atoms with Gasteiger partial charge in [-0.2, -0.15) is 22.7 Å². The van der Waals surface area contributed by atoms with Crippen LogP contribution in [-0.2, 0) is 9.31 Å². The summed E-state index contributed by atoms with van der Waals surface area (Å²) in [5.74, 6) is 0. The summed E-state index contributed by atoms with van der Waals surface area (Å²) in [6.45, 7) is 4.08. The number of benzene rings is 2. The summed E-state index contributed by atoms with van der Waals surface area (Å²) in [6, 6.07) is 17.4. The summed E-state index contributed by atoms with van der Waals surface area (Å²) in [7, 11) is 1.14. The summed E-state index contributed by atoms with van der Waals surface area (Å²) in [6.07, 6.45) is -0.106. The maximum absolute atomic E-state index is 6.04. The number of hydrogen-bond acceptors (Lipinski definition) is 7. The Morgan fingerprint density at radius 2 is 1.18 bits per heavy atom. The minimum Gasteiger partial charge on any atom is -0.416 e. The molecule has 3 aromatic heterocycles. The Morgan fingerprint density at radius 1 is 0.697 bits per heavy atom. The molecule has 2 unspecified atom stereocenters. The molecule has 0 bridgehead atoms. The van der Waals surface area contributed by atoms with E-state index in [2.05, 4.69) is 80.7 Å². The highest BCUT2D eigenvalue weighted by Crippen LogP contribution is 2.32. The highest BCUT2D eigenvalue weighted by molar-refractivity contribution is 7.25. The van der Waals surface area contributed by atoms with Crippen molar-refractivity contribution in [2.75, 3.05) is 10.6 Å². The van der Waals surface area contributed by atoms with Crippen molar-refractivity contribution in [2.45, 2.75) is 26.3 Å². The van der Waals surface area contributed by atoms with Crippen LogP contribution < -0.4 is 21.6 Å². The Kier molecular flexibility index (Phi) is 7.04. The second-order valence-corrected chi connectivity index (χ2v) is 10.6. The number of fused-ring (bicyclic) bond motifs is 3. The zero-order chi connectivity index (χ0) is 22.6. The van der Waals surface area contributed by atoms with Crippen LogP contribution in [0.2, 0.25) is 0 Å². The zero-order valence-corrected chi connectivity index (χ0v) is 21.0. The van der Waals surface area contributed by atoms with E-state index in [-0.39, 0.29) is 12.5 Å². The molecular weight excluding hydrogens is 466 g/mol. The van der Waals surface area contributed by atoms with Crippen LogP contribution in [0.5, 0.6) is 0 Å². The molecule has 2 aromatic carbocycles. The highest BCUT2D eigenvalue weighted by atomic mass is 32.1. The first-order valence-electron chi connectivity index (χ1n) is 10.9. The Labute approximate surface area is 207 Å². The normalized spacial score (nSPS) is 13.2. The van der Waals surface area contributed by atoms with Crippen LogP contribution in [0.15, 0.2) is 70.1 Å². The molecule has 0 radical (unpaired) electrons. The summed E-state index contributed by atoms with van der Waals surface area (Å²) in [4.78, 5) is 0. The SMILES string of the molecule is CC(Nc1ccsc1)OBc1ccc2sc3ccc(BOC(C)Nc4ccsc4)cc3c2c1. The standard InChI is InChI=1S/C24H24B2N2O2S3/c1-15(27-19-7-9-31-13-19)29-25-17-3-5-23-21(11-17)22-12-18(4-6-24(22)33-23)26-30-16(2)28-20-8-10-32-14-20/h3-16,25-28H,1-2H3. The van der Waals surface area contributed by atoms with Gasteiger partial charge in [-0.15, -0.1) is 11.3 Å². The highest BCUT2D eigenvalue weighted by Gasteiger charge is 2.11.